The van der Waals surface area contributed by atoms with Gasteiger partial charge in [-0.2, -0.15) is 0 Å². The Bertz CT molecular complexity index is 766. The van der Waals surface area contributed by atoms with Crippen molar-refractivity contribution in [3.8, 4) is 0 Å². The monoisotopic (exact) mass is 483 g/mol. The van der Waals surface area contributed by atoms with E-state index in [0.29, 0.717) is 25.7 Å². The van der Waals surface area contributed by atoms with E-state index in [0.717, 1.165) is 24.1 Å². The predicted molar refractivity (Wildman–Crippen MR) is 120 cm³/mol. The van der Waals surface area contributed by atoms with E-state index < -0.39 is 0 Å². The summed E-state index contributed by atoms with van der Waals surface area (Å²) in [6.07, 6.45) is 1.69. The van der Waals surface area contributed by atoms with Crippen molar-refractivity contribution >= 4 is 35.6 Å². The zero-order valence-corrected chi connectivity index (χ0v) is 18.1. The molecule has 0 amide bonds. The summed E-state index contributed by atoms with van der Waals surface area (Å²) < 4.78 is 18.8. The number of aryl methyl sites for hydroxylation is 2. The van der Waals surface area contributed by atoms with E-state index in [-0.39, 0.29) is 35.2 Å². The van der Waals surface area contributed by atoms with E-state index in [1.165, 1.54) is 23.3 Å². The average molecular weight is 483 g/mol. The number of nitrogens with one attached hydrogen (secondary N) is 1. The number of rotatable bonds is 4. The Morgan fingerprint density at radius 3 is 2.30 bits per heavy atom. The summed E-state index contributed by atoms with van der Waals surface area (Å²) in [5, 5.41) is 3.18. The van der Waals surface area contributed by atoms with Crippen LogP contribution < -0.4 is 11.1 Å². The molecule has 0 saturated carbocycles. The van der Waals surface area contributed by atoms with Crippen LogP contribution >= 0.6 is 24.0 Å². The summed E-state index contributed by atoms with van der Waals surface area (Å²) in [5.41, 5.74) is 10.3. The molecule has 0 unspecified atom stereocenters. The molecular weight excluding hydrogens is 456 g/mol. The highest BCUT2D eigenvalue weighted by atomic mass is 127. The number of aliphatic imine (C=N–C) groups is 1. The quantitative estimate of drug-likeness (QED) is 0.382. The molecule has 6 heteroatoms. The number of hydrogen-bond acceptors (Lipinski definition) is 2. The molecule has 1 aliphatic heterocycles. The molecule has 0 spiro atoms. The standard InChI is InChI=1S/C21H26FN3O.HI/c1-15-11-16(2)13-19(12-15)25-20(23)24-14-21(7-9-26-10-8-21)17-3-5-18(22)6-4-17;/h3-6,11-13H,7-10,14H2,1-2H3,(H3,23,24,25);1H. The van der Waals surface area contributed by atoms with Crippen LogP contribution in [-0.4, -0.2) is 25.7 Å². The van der Waals surface area contributed by atoms with E-state index in [1.54, 1.807) is 0 Å². The highest BCUT2D eigenvalue weighted by Gasteiger charge is 2.34. The topological polar surface area (TPSA) is 59.6 Å². The summed E-state index contributed by atoms with van der Waals surface area (Å²) in [6, 6.07) is 12.9. The lowest BCUT2D eigenvalue weighted by atomic mass is 9.74. The van der Waals surface area contributed by atoms with E-state index in [2.05, 4.69) is 30.2 Å². The van der Waals surface area contributed by atoms with Gasteiger partial charge in [-0.25, -0.2) is 4.39 Å². The number of guanidine groups is 1. The Balaban J connectivity index is 0.00000261. The summed E-state index contributed by atoms with van der Waals surface area (Å²) in [6.45, 7) is 6.01. The molecule has 1 fully saturated rings. The second kappa shape index (κ2) is 9.50. The van der Waals surface area contributed by atoms with Gasteiger partial charge in [0.25, 0.3) is 0 Å². The van der Waals surface area contributed by atoms with Crippen molar-refractivity contribution in [3.63, 3.8) is 0 Å². The smallest absolute Gasteiger partial charge is 0.193 e. The summed E-state index contributed by atoms with van der Waals surface area (Å²) in [4.78, 5) is 4.61. The molecular formula is C21H27FIN3O. The largest absolute Gasteiger partial charge is 0.381 e. The molecule has 0 atom stereocenters. The van der Waals surface area contributed by atoms with Crippen LogP contribution in [0.4, 0.5) is 10.1 Å². The number of hydrogen-bond donors (Lipinski definition) is 2. The molecule has 146 valence electrons. The highest BCUT2D eigenvalue weighted by molar-refractivity contribution is 14.0. The van der Waals surface area contributed by atoms with Crippen LogP contribution in [0.1, 0.15) is 29.5 Å². The second-order valence-electron chi connectivity index (χ2n) is 7.10. The Hall–Kier alpha value is -1.67. The van der Waals surface area contributed by atoms with Crippen LogP contribution in [0.25, 0.3) is 0 Å². The van der Waals surface area contributed by atoms with Gasteiger partial charge in [-0.3, -0.25) is 4.99 Å². The molecule has 0 aliphatic carbocycles. The van der Waals surface area contributed by atoms with Crippen LogP contribution in [0.15, 0.2) is 47.5 Å². The maximum absolute atomic E-state index is 13.3. The van der Waals surface area contributed by atoms with Crippen LogP contribution in [0.3, 0.4) is 0 Å². The molecule has 4 nitrogen and oxygen atoms in total. The minimum absolute atomic E-state index is 0. The zero-order valence-electron chi connectivity index (χ0n) is 15.8. The Morgan fingerprint density at radius 1 is 1.11 bits per heavy atom. The summed E-state index contributed by atoms with van der Waals surface area (Å²) >= 11 is 0. The van der Waals surface area contributed by atoms with E-state index in [4.69, 9.17) is 10.5 Å². The highest BCUT2D eigenvalue weighted by Crippen LogP contribution is 2.35. The van der Waals surface area contributed by atoms with Gasteiger partial charge in [0.05, 0.1) is 6.54 Å². The van der Waals surface area contributed by atoms with Gasteiger partial charge in [0.2, 0.25) is 0 Å². The van der Waals surface area contributed by atoms with Crippen molar-refractivity contribution in [1.82, 2.24) is 0 Å². The minimum Gasteiger partial charge on any atom is -0.381 e. The van der Waals surface area contributed by atoms with Gasteiger partial charge in [-0.05, 0) is 67.6 Å². The number of halogens is 2. The molecule has 0 bridgehead atoms. The van der Waals surface area contributed by atoms with Gasteiger partial charge in [0.15, 0.2) is 5.96 Å². The normalized spacial score (nSPS) is 16.5. The molecule has 2 aromatic rings. The Kier molecular flexibility index (Phi) is 7.61. The molecule has 27 heavy (non-hydrogen) atoms. The number of ether oxygens (including phenoxy) is 1. The lowest BCUT2D eigenvalue weighted by molar-refractivity contribution is 0.0531. The van der Waals surface area contributed by atoms with Gasteiger partial charge in [-0.1, -0.05) is 18.2 Å². The van der Waals surface area contributed by atoms with Crippen LogP contribution in [0.5, 0.6) is 0 Å². The lowest BCUT2D eigenvalue weighted by Crippen LogP contribution is -2.38. The fraction of sp³-hybridized carbons (Fsp3) is 0.381. The zero-order chi connectivity index (χ0) is 18.6. The number of nitrogens with zero attached hydrogens (tertiary/aromatic N) is 1. The third-order valence-electron chi connectivity index (χ3n) is 4.95. The van der Waals surface area contributed by atoms with Crippen LogP contribution in [-0.2, 0) is 10.2 Å². The van der Waals surface area contributed by atoms with E-state index >= 15 is 0 Å². The first kappa shape index (κ1) is 21.6. The molecule has 1 aliphatic rings. The fourth-order valence-corrected chi connectivity index (χ4v) is 3.57. The van der Waals surface area contributed by atoms with E-state index in [1.807, 2.05) is 24.3 Å². The molecule has 1 heterocycles. The number of anilines is 1. The molecule has 3 rings (SSSR count). The third-order valence-corrected chi connectivity index (χ3v) is 4.95. The maximum atomic E-state index is 13.3. The fourth-order valence-electron chi connectivity index (χ4n) is 3.57. The Labute approximate surface area is 177 Å². The van der Waals surface area contributed by atoms with Gasteiger partial charge in [0.1, 0.15) is 5.82 Å². The molecule has 0 aromatic heterocycles. The third kappa shape index (κ3) is 5.65. The summed E-state index contributed by atoms with van der Waals surface area (Å²) in [7, 11) is 0. The van der Waals surface area contributed by atoms with Crippen molar-refractivity contribution < 1.29 is 9.13 Å². The minimum atomic E-state index is -0.226. The van der Waals surface area contributed by atoms with Crippen molar-refractivity contribution in [3.05, 3.63) is 65.0 Å². The lowest BCUT2D eigenvalue weighted by Gasteiger charge is -2.36. The Morgan fingerprint density at radius 2 is 1.70 bits per heavy atom. The first-order valence-corrected chi connectivity index (χ1v) is 8.96. The maximum Gasteiger partial charge on any atom is 0.193 e. The SMILES string of the molecule is Cc1cc(C)cc(NC(N)=NCC2(c3ccc(F)cc3)CCOCC2)c1.I. The van der Waals surface area contributed by atoms with Crippen molar-refractivity contribution in [2.45, 2.75) is 32.1 Å². The molecule has 2 aromatic carbocycles. The predicted octanol–water partition coefficient (Wildman–Crippen LogP) is 4.54. The van der Waals surface area contributed by atoms with Gasteiger partial charge < -0.3 is 15.8 Å². The van der Waals surface area contributed by atoms with Gasteiger partial charge in [0, 0.05) is 24.3 Å². The average Bonchev–Trinajstić information content (AvgIpc) is 2.60. The van der Waals surface area contributed by atoms with Crippen molar-refractivity contribution in [1.29, 1.82) is 0 Å². The van der Waals surface area contributed by atoms with Crippen LogP contribution in [0, 0.1) is 19.7 Å². The molecule has 1 saturated heterocycles. The molecule has 3 N–H and O–H groups in total. The van der Waals surface area contributed by atoms with Gasteiger partial charge in [-0.15, -0.1) is 24.0 Å². The number of nitrogens with two attached hydrogens (primary N) is 1. The van der Waals surface area contributed by atoms with E-state index in [9.17, 15) is 4.39 Å². The second-order valence-corrected chi connectivity index (χ2v) is 7.10. The van der Waals surface area contributed by atoms with Crippen molar-refractivity contribution in [2.75, 3.05) is 25.1 Å². The first-order chi connectivity index (χ1) is 12.5. The van der Waals surface area contributed by atoms with Gasteiger partial charge >= 0.3 is 0 Å². The summed E-state index contributed by atoms with van der Waals surface area (Å²) in [5.74, 6) is 0.165. The molecule has 0 radical (unpaired) electrons. The number of benzene rings is 2. The van der Waals surface area contributed by atoms with Crippen LogP contribution in [0.2, 0.25) is 0 Å². The van der Waals surface area contributed by atoms with Crippen molar-refractivity contribution in [2.24, 2.45) is 10.7 Å². The first-order valence-electron chi connectivity index (χ1n) is 8.96.